The molecule has 0 aliphatic heterocycles. The Balaban J connectivity index is 1.26. The summed E-state index contributed by atoms with van der Waals surface area (Å²) in [7, 11) is 1.27. The Morgan fingerprint density at radius 3 is 2.40 bits per heavy atom. The van der Waals surface area contributed by atoms with Gasteiger partial charge in [-0.2, -0.15) is 0 Å². The molecule has 2 aromatic heterocycles. The Kier molecular flexibility index (Phi) is 9.34. The molecule has 4 amide bonds. The topological polar surface area (TPSA) is 212 Å². The summed E-state index contributed by atoms with van der Waals surface area (Å²) in [5.41, 5.74) is -1.48. The summed E-state index contributed by atoms with van der Waals surface area (Å²) in [6, 6.07) is 2.48. The van der Waals surface area contributed by atoms with Gasteiger partial charge in [-0.1, -0.05) is 0 Å². The van der Waals surface area contributed by atoms with E-state index in [4.69, 9.17) is 0 Å². The number of nitro groups is 1. The van der Waals surface area contributed by atoms with E-state index in [2.05, 4.69) is 26.3 Å². The maximum Gasteiger partial charge on any atom is 0.288 e. The Bertz CT molecular complexity index is 1560. The van der Waals surface area contributed by atoms with Crippen molar-refractivity contribution in [1.82, 2.24) is 25.5 Å². The average Bonchev–Trinajstić information content (AvgIpc) is 3.01. The number of nitrogens with one attached hydrogen (secondary N) is 4. The van der Waals surface area contributed by atoms with Crippen molar-refractivity contribution >= 4 is 40.8 Å². The van der Waals surface area contributed by atoms with Gasteiger partial charge in [-0.3, -0.25) is 43.9 Å². The summed E-state index contributed by atoms with van der Waals surface area (Å²) in [5, 5.41) is 21.3. The second-order valence-electron chi connectivity index (χ2n) is 12.1. The zero-order chi connectivity index (χ0) is 32.2. The SMILES string of the molecule is CNC(=O)C(=O)CC[C@H](NC(=O)c1cncc([N+](=O)[O-])c1)C(=O)Nc1cccn(CC(=O)NC2C3CC4CC(C3)CC2C4)c1=O. The smallest absolute Gasteiger partial charge is 0.288 e. The highest BCUT2D eigenvalue weighted by atomic mass is 16.6. The highest BCUT2D eigenvalue weighted by Crippen LogP contribution is 2.53. The molecular weight excluding hydrogens is 586 g/mol. The third-order valence-electron chi connectivity index (χ3n) is 9.11. The molecular formula is C30H35N7O8. The van der Waals surface area contributed by atoms with E-state index < -0.39 is 52.1 Å². The quantitative estimate of drug-likeness (QED) is 0.151. The van der Waals surface area contributed by atoms with Crippen LogP contribution in [-0.2, 0) is 25.7 Å². The molecule has 2 aromatic rings. The molecule has 2 heterocycles. The van der Waals surface area contributed by atoms with Gasteiger partial charge in [-0.05, 0) is 74.3 Å². The molecule has 238 valence electrons. The first-order valence-electron chi connectivity index (χ1n) is 15.0. The lowest BCUT2D eigenvalue weighted by Crippen LogP contribution is -2.56. The third kappa shape index (κ3) is 7.24. The van der Waals surface area contributed by atoms with Crippen molar-refractivity contribution in [3.05, 3.63) is 62.8 Å². The molecule has 4 aliphatic carbocycles. The lowest BCUT2D eigenvalue weighted by Gasteiger charge is -2.54. The lowest BCUT2D eigenvalue weighted by atomic mass is 9.54. The molecule has 4 saturated carbocycles. The zero-order valence-corrected chi connectivity index (χ0v) is 24.7. The van der Waals surface area contributed by atoms with Crippen LogP contribution in [0.4, 0.5) is 11.4 Å². The van der Waals surface area contributed by atoms with Crippen molar-refractivity contribution in [2.45, 2.75) is 63.6 Å². The first kappa shape index (κ1) is 31.5. The Morgan fingerprint density at radius 2 is 1.76 bits per heavy atom. The minimum Gasteiger partial charge on any atom is -0.353 e. The van der Waals surface area contributed by atoms with Gasteiger partial charge in [-0.15, -0.1) is 0 Å². The van der Waals surface area contributed by atoms with Crippen LogP contribution in [0, 0.1) is 33.8 Å². The van der Waals surface area contributed by atoms with Crippen molar-refractivity contribution in [3.63, 3.8) is 0 Å². The van der Waals surface area contributed by atoms with E-state index in [0.29, 0.717) is 11.8 Å². The molecule has 45 heavy (non-hydrogen) atoms. The van der Waals surface area contributed by atoms with E-state index in [1.54, 1.807) is 0 Å². The fraction of sp³-hybridized carbons (Fsp3) is 0.500. The van der Waals surface area contributed by atoms with E-state index in [0.717, 1.165) is 56.0 Å². The predicted molar refractivity (Wildman–Crippen MR) is 159 cm³/mol. The minimum absolute atomic E-state index is 0.104. The summed E-state index contributed by atoms with van der Waals surface area (Å²) in [6.45, 7) is -0.244. The van der Waals surface area contributed by atoms with Crippen LogP contribution in [-0.4, -0.2) is 63.0 Å². The van der Waals surface area contributed by atoms with Crippen LogP contribution < -0.4 is 26.8 Å². The highest BCUT2D eigenvalue weighted by molar-refractivity contribution is 6.36. The largest absolute Gasteiger partial charge is 0.353 e. The molecule has 4 aliphatic rings. The molecule has 4 bridgehead atoms. The standard InChI is InChI=1S/C30H35N7O8/c1-31-29(42)24(38)5-4-22(33-27(40)20-12-21(37(44)45)14-32-13-20)28(41)34-23-3-2-6-36(30(23)43)15-25(39)35-26-18-8-16-7-17(10-18)11-19(26)9-16/h2-3,6,12-14,16-19,22,26H,4-5,7-11,15H2,1H3,(H,31,42)(H,33,40)(H,34,41)(H,35,39)/t16?,17?,18?,19?,22-,26?/m0/s1. The molecule has 0 saturated heterocycles. The van der Waals surface area contributed by atoms with Gasteiger partial charge in [0.1, 0.15) is 24.5 Å². The summed E-state index contributed by atoms with van der Waals surface area (Å²) in [5.74, 6) is -1.36. The monoisotopic (exact) mass is 621 g/mol. The zero-order valence-electron chi connectivity index (χ0n) is 24.7. The highest BCUT2D eigenvalue weighted by Gasteiger charge is 2.48. The summed E-state index contributed by atoms with van der Waals surface area (Å²) in [6.07, 6.45) is 8.52. The maximum atomic E-state index is 13.3. The first-order chi connectivity index (χ1) is 21.5. The number of hydrogen-bond acceptors (Lipinski definition) is 9. The van der Waals surface area contributed by atoms with Crippen molar-refractivity contribution in [3.8, 4) is 0 Å². The van der Waals surface area contributed by atoms with E-state index in [1.165, 1.54) is 36.4 Å². The maximum absolute atomic E-state index is 13.3. The van der Waals surface area contributed by atoms with E-state index in [1.807, 2.05) is 0 Å². The van der Waals surface area contributed by atoms with Crippen molar-refractivity contribution in [2.75, 3.05) is 12.4 Å². The number of ketones is 1. The number of hydrogen-bond donors (Lipinski definition) is 4. The normalized spacial score (nSPS) is 23.4. The number of anilines is 1. The van der Waals surface area contributed by atoms with Gasteiger partial charge in [0, 0.05) is 38.0 Å². The van der Waals surface area contributed by atoms with Crippen molar-refractivity contribution < 1.29 is 28.9 Å². The summed E-state index contributed by atoms with van der Waals surface area (Å²) < 4.78 is 1.18. The van der Waals surface area contributed by atoms with Crippen molar-refractivity contribution in [1.29, 1.82) is 0 Å². The molecule has 1 atom stereocenters. The van der Waals surface area contributed by atoms with E-state index >= 15 is 0 Å². The van der Waals surface area contributed by atoms with Gasteiger partial charge in [0.05, 0.1) is 10.5 Å². The molecule has 4 fully saturated rings. The second-order valence-corrected chi connectivity index (χ2v) is 12.1. The van der Waals surface area contributed by atoms with Crippen LogP contribution in [0.5, 0.6) is 0 Å². The number of rotatable bonds is 12. The minimum atomic E-state index is -1.42. The van der Waals surface area contributed by atoms with Gasteiger partial charge in [0.2, 0.25) is 17.6 Å². The average molecular weight is 622 g/mol. The molecule has 15 heteroatoms. The molecule has 0 radical (unpaired) electrons. The van der Waals surface area contributed by atoms with Crippen LogP contribution in [0.15, 0.2) is 41.6 Å². The first-order valence-corrected chi connectivity index (χ1v) is 15.0. The van der Waals surface area contributed by atoms with E-state index in [9.17, 15) is 38.9 Å². The van der Waals surface area contributed by atoms with Gasteiger partial charge >= 0.3 is 0 Å². The third-order valence-corrected chi connectivity index (χ3v) is 9.11. The van der Waals surface area contributed by atoms with Gasteiger partial charge in [-0.25, -0.2) is 0 Å². The number of pyridine rings is 2. The second kappa shape index (κ2) is 13.4. The number of aromatic nitrogens is 2. The number of carbonyl (C=O) groups excluding carboxylic acids is 5. The summed E-state index contributed by atoms with van der Waals surface area (Å²) in [4.78, 5) is 90.3. The van der Waals surface area contributed by atoms with Crippen LogP contribution in [0.3, 0.4) is 0 Å². The number of nitrogens with zero attached hydrogens (tertiary/aromatic N) is 3. The fourth-order valence-electron chi connectivity index (χ4n) is 7.21. The van der Waals surface area contributed by atoms with Gasteiger partial charge < -0.3 is 25.8 Å². The lowest BCUT2D eigenvalue weighted by molar-refractivity contribution is -0.385. The van der Waals surface area contributed by atoms with Crippen LogP contribution in [0.25, 0.3) is 0 Å². The fourth-order valence-corrected chi connectivity index (χ4v) is 7.21. The number of Topliss-reactive ketones (excluding diaryl/α,β-unsaturated/α-hetero) is 1. The van der Waals surface area contributed by atoms with E-state index in [-0.39, 0.29) is 36.2 Å². The molecule has 0 unspecified atom stereocenters. The number of amides is 4. The van der Waals surface area contributed by atoms with Gasteiger partial charge in [0.15, 0.2) is 0 Å². The summed E-state index contributed by atoms with van der Waals surface area (Å²) >= 11 is 0. The number of likely N-dealkylation sites (N-methyl/N-ethyl adjacent to an activating group) is 1. The molecule has 6 rings (SSSR count). The van der Waals surface area contributed by atoms with Crippen LogP contribution in [0.1, 0.15) is 55.3 Å². The predicted octanol–water partition coefficient (Wildman–Crippen LogP) is 0.925. The van der Waals surface area contributed by atoms with Crippen LogP contribution >= 0.6 is 0 Å². The molecule has 0 spiro atoms. The molecule has 15 nitrogen and oxygen atoms in total. The Hall–Kier alpha value is -4.95. The van der Waals surface area contributed by atoms with Gasteiger partial charge in [0.25, 0.3) is 23.1 Å². The van der Waals surface area contributed by atoms with Crippen LogP contribution in [0.2, 0.25) is 0 Å². The Labute approximate surface area is 257 Å². The Morgan fingerprint density at radius 1 is 1.07 bits per heavy atom. The van der Waals surface area contributed by atoms with Crippen molar-refractivity contribution in [2.24, 2.45) is 23.7 Å². The number of carbonyl (C=O) groups is 5. The molecule has 0 aromatic carbocycles. The molecule has 4 N–H and O–H groups in total.